The van der Waals surface area contributed by atoms with E-state index >= 15 is 4.39 Å². The molecule has 0 spiro atoms. The summed E-state index contributed by atoms with van der Waals surface area (Å²) in [5, 5.41) is 7.17. The first-order valence-electron chi connectivity index (χ1n) is 12.8. The quantitative estimate of drug-likeness (QED) is 0.251. The first-order chi connectivity index (χ1) is 19.6. The summed E-state index contributed by atoms with van der Waals surface area (Å²) in [5.41, 5.74) is 4.54. The van der Waals surface area contributed by atoms with Crippen molar-refractivity contribution in [2.75, 3.05) is 10.0 Å². The molecular weight excluding hydrogens is 548 g/mol. The van der Waals surface area contributed by atoms with Gasteiger partial charge in [0, 0.05) is 11.3 Å². The fourth-order valence-electron chi connectivity index (χ4n) is 4.90. The highest BCUT2D eigenvalue weighted by Gasteiger charge is 2.23. The maximum atomic E-state index is 15.7. The maximum Gasteiger partial charge on any atom is 0.262 e. The number of benzene rings is 2. The van der Waals surface area contributed by atoms with E-state index < -0.39 is 33.0 Å². The van der Waals surface area contributed by atoms with Gasteiger partial charge in [-0.05, 0) is 75.1 Å². The Morgan fingerprint density at radius 2 is 1.83 bits per heavy atom. The number of halogens is 2. The fourth-order valence-corrected chi connectivity index (χ4v) is 6.28. The van der Waals surface area contributed by atoms with Crippen LogP contribution in [-0.4, -0.2) is 33.2 Å². The first-order valence-corrected chi connectivity index (χ1v) is 14.3. The van der Waals surface area contributed by atoms with Crippen LogP contribution in [0.25, 0.3) is 28.0 Å². The summed E-state index contributed by atoms with van der Waals surface area (Å²) in [4.78, 5) is 13.2. The lowest BCUT2D eigenvalue weighted by Crippen LogP contribution is -2.16. The van der Waals surface area contributed by atoms with E-state index in [0.29, 0.717) is 16.8 Å². The van der Waals surface area contributed by atoms with Crippen LogP contribution in [0.15, 0.2) is 66.0 Å². The number of rotatable bonds is 6. The Balaban J connectivity index is 1.38. The van der Waals surface area contributed by atoms with Gasteiger partial charge in [0.15, 0.2) is 11.6 Å². The highest BCUT2D eigenvalue weighted by atomic mass is 32.2. The third-order valence-electron chi connectivity index (χ3n) is 7.20. The molecule has 12 heteroatoms. The number of aryl methyl sites for hydroxylation is 1. The molecule has 9 nitrogen and oxygen atoms in total. The van der Waals surface area contributed by atoms with Gasteiger partial charge in [0.1, 0.15) is 23.3 Å². The second kappa shape index (κ2) is 10.0. The second-order valence-corrected chi connectivity index (χ2v) is 11.5. The predicted octanol–water partition coefficient (Wildman–Crippen LogP) is 6.13. The zero-order valence-corrected chi connectivity index (χ0v) is 23.2. The number of anilines is 3. The van der Waals surface area contributed by atoms with Crippen LogP contribution in [0.1, 0.15) is 30.2 Å². The molecular formula is C29H25F2N7O2S. The summed E-state index contributed by atoms with van der Waals surface area (Å²) in [6, 6.07) is 10.4. The van der Waals surface area contributed by atoms with E-state index in [-0.39, 0.29) is 16.2 Å². The number of aromatic nitrogens is 5. The number of hydrogen-bond donors (Lipinski definition) is 2. The lowest BCUT2D eigenvalue weighted by Gasteiger charge is -2.16. The van der Waals surface area contributed by atoms with Crippen LogP contribution in [0.4, 0.5) is 26.0 Å². The lowest BCUT2D eigenvalue weighted by atomic mass is 10.1. The van der Waals surface area contributed by atoms with Crippen LogP contribution in [0, 0.1) is 25.5 Å². The molecule has 1 aliphatic rings. The Labute approximate surface area is 235 Å². The average molecular weight is 574 g/mol. The number of nitrogens with zero attached hydrogens (tertiary/aromatic N) is 5. The van der Waals surface area contributed by atoms with Crippen molar-refractivity contribution in [3.8, 4) is 11.3 Å². The van der Waals surface area contributed by atoms with E-state index in [9.17, 15) is 12.8 Å². The van der Waals surface area contributed by atoms with Crippen molar-refractivity contribution in [3.05, 3.63) is 89.5 Å². The van der Waals surface area contributed by atoms with Gasteiger partial charge in [0.05, 0.1) is 33.7 Å². The molecule has 0 aliphatic carbocycles. The number of pyridine rings is 1. The van der Waals surface area contributed by atoms with Gasteiger partial charge >= 0.3 is 0 Å². The summed E-state index contributed by atoms with van der Waals surface area (Å²) >= 11 is 0. The molecule has 0 atom stereocenters. The summed E-state index contributed by atoms with van der Waals surface area (Å²) in [6.07, 6.45) is 6.80. The molecule has 0 fully saturated rings. The molecule has 3 aromatic heterocycles. The van der Waals surface area contributed by atoms with Crippen LogP contribution in [0.3, 0.4) is 0 Å². The molecule has 0 saturated carbocycles. The van der Waals surface area contributed by atoms with Gasteiger partial charge < -0.3 is 5.32 Å². The van der Waals surface area contributed by atoms with Crippen molar-refractivity contribution in [2.24, 2.45) is 0 Å². The average Bonchev–Trinajstić information content (AvgIpc) is 3.39. The van der Waals surface area contributed by atoms with Crippen LogP contribution in [-0.2, 0) is 16.4 Å². The van der Waals surface area contributed by atoms with Crippen LogP contribution in [0.2, 0.25) is 0 Å². The number of allylic oxidation sites excluding steroid dienone is 2. The molecule has 6 rings (SSSR count). The summed E-state index contributed by atoms with van der Waals surface area (Å²) in [7, 11) is -4.16. The summed E-state index contributed by atoms with van der Waals surface area (Å²) in [5.74, 6) is -2.01. The van der Waals surface area contributed by atoms with Gasteiger partial charge in [-0.2, -0.15) is 5.10 Å². The summed E-state index contributed by atoms with van der Waals surface area (Å²) in [6.45, 7) is 5.43. The third-order valence-corrected chi connectivity index (χ3v) is 8.71. The minimum Gasteiger partial charge on any atom is -0.333 e. The molecule has 5 aromatic rings. The molecule has 4 heterocycles. The normalized spacial score (nSPS) is 13.1. The van der Waals surface area contributed by atoms with Crippen molar-refractivity contribution < 1.29 is 17.2 Å². The van der Waals surface area contributed by atoms with E-state index in [1.807, 2.05) is 17.7 Å². The van der Waals surface area contributed by atoms with Gasteiger partial charge in [-0.3, -0.25) is 4.72 Å². The molecule has 208 valence electrons. The van der Waals surface area contributed by atoms with Crippen molar-refractivity contribution >= 4 is 43.9 Å². The number of sulfonamides is 1. The first kappa shape index (κ1) is 26.5. The maximum absolute atomic E-state index is 15.7. The minimum atomic E-state index is -4.16. The van der Waals surface area contributed by atoms with E-state index in [4.69, 9.17) is 4.98 Å². The Hall–Kier alpha value is -4.71. The van der Waals surface area contributed by atoms with E-state index in [0.717, 1.165) is 47.5 Å². The van der Waals surface area contributed by atoms with Crippen molar-refractivity contribution in [2.45, 2.75) is 38.5 Å². The second-order valence-electron chi connectivity index (χ2n) is 9.80. The molecule has 0 radical (unpaired) electrons. The number of hydrogen-bond acceptors (Lipinski definition) is 7. The molecule has 2 aromatic carbocycles. The molecule has 41 heavy (non-hydrogen) atoms. The Morgan fingerprint density at radius 1 is 1.00 bits per heavy atom. The summed E-state index contributed by atoms with van der Waals surface area (Å²) < 4.78 is 60.9. The van der Waals surface area contributed by atoms with Gasteiger partial charge in [0.2, 0.25) is 0 Å². The minimum absolute atomic E-state index is 0.00213. The Kier molecular flexibility index (Phi) is 6.49. The molecule has 0 saturated heterocycles. The highest BCUT2D eigenvalue weighted by molar-refractivity contribution is 7.92. The van der Waals surface area contributed by atoms with E-state index in [2.05, 4.69) is 31.2 Å². The number of nitrogens with one attached hydrogen (secondary N) is 2. The standard InChI is InChI=1S/C29H25F2N7O2S/c1-16-6-4-9-25(18(16)3)41(39,40)37-22-11-10-20(30)27(26(22)31)36-29-28-23(32-15-33-29)13-12-21(35-28)19-14-34-38-17(2)7-5-8-24(19)38/h4,6-7,9-15,37H,5,8H2,1-3H3,(H,32,33,36). The van der Waals surface area contributed by atoms with Crippen molar-refractivity contribution in [1.29, 1.82) is 0 Å². The smallest absolute Gasteiger partial charge is 0.262 e. The molecule has 0 amide bonds. The Morgan fingerprint density at radius 3 is 2.66 bits per heavy atom. The SMILES string of the molecule is CC1=CCCc2c(-c3ccc4ncnc(Nc5c(F)ccc(NS(=O)(=O)c6cccc(C)c6C)c5F)c4n3)cnn21. The van der Waals surface area contributed by atoms with E-state index in [1.165, 1.54) is 12.4 Å². The van der Waals surface area contributed by atoms with Gasteiger partial charge in [-0.15, -0.1) is 0 Å². The fraction of sp³-hybridized carbons (Fsp3) is 0.172. The monoisotopic (exact) mass is 573 g/mol. The molecule has 0 bridgehead atoms. The zero-order chi connectivity index (χ0) is 28.9. The van der Waals surface area contributed by atoms with Gasteiger partial charge in [0.25, 0.3) is 10.0 Å². The zero-order valence-electron chi connectivity index (χ0n) is 22.4. The van der Waals surface area contributed by atoms with Crippen LogP contribution in [0.5, 0.6) is 0 Å². The van der Waals surface area contributed by atoms with Gasteiger partial charge in [-0.1, -0.05) is 18.2 Å². The topological polar surface area (TPSA) is 115 Å². The molecule has 0 unspecified atom stereocenters. The predicted molar refractivity (Wildman–Crippen MR) is 153 cm³/mol. The van der Waals surface area contributed by atoms with Crippen molar-refractivity contribution in [3.63, 3.8) is 0 Å². The van der Waals surface area contributed by atoms with Gasteiger partial charge in [-0.25, -0.2) is 36.8 Å². The lowest BCUT2D eigenvalue weighted by molar-refractivity contribution is 0.588. The third kappa shape index (κ3) is 4.69. The largest absolute Gasteiger partial charge is 0.333 e. The highest BCUT2D eigenvalue weighted by Crippen LogP contribution is 2.34. The number of fused-ring (bicyclic) bond motifs is 2. The Bertz CT molecular complexity index is 1990. The van der Waals surface area contributed by atoms with E-state index in [1.54, 1.807) is 38.2 Å². The van der Waals surface area contributed by atoms with Crippen LogP contribution < -0.4 is 10.0 Å². The van der Waals surface area contributed by atoms with Crippen molar-refractivity contribution in [1.82, 2.24) is 24.7 Å². The molecule has 2 N–H and O–H groups in total. The molecule has 1 aliphatic heterocycles. The van der Waals surface area contributed by atoms with Crippen LogP contribution >= 0.6 is 0 Å².